The van der Waals surface area contributed by atoms with Crippen molar-refractivity contribution in [2.75, 3.05) is 11.5 Å². The minimum Gasteiger partial charge on any atom is -0.508 e. The normalized spacial score (nSPS) is 10.2. The van der Waals surface area contributed by atoms with Gasteiger partial charge in [0, 0.05) is 27.9 Å². The van der Waals surface area contributed by atoms with Gasteiger partial charge in [0.05, 0.1) is 5.69 Å². The van der Waals surface area contributed by atoms with Crippen molar-refractivity contribution in [3.8, 4) is 22.9 Å². The van der Waals surface area contributed by atoms with Crippen molar-refractivity contribution >= 4 is 60.7 Å². The van der Waals surface area contributed by atoms with Crippen LogP contribution in [-0.4, -0.2) is 26.9 Å². The van der Waals surface area contributed by atoms with E-state index in [9.17, 15) is 15.2 Å². The molecule has 4 aromatic rings. The van der Waals surface area contributed by atoms with E-state index in [1.165, 1.54) is 12.1 Å². The molecule has 2 aromatic carbocycles. The number of ketones is 1. The molecular formula is C23H17BrN4O4S. The Balaban J connectivity index is 0.000000709. The number of fused-ring (bicyclic) bond motifs is 1. The second-order valence-corrected chi connectivity index (χ2v) is 8.70. The summed E-state index contributed by atoms with van der Waals surface area (Å²) in [5.74, 6) is -0.916. The van der Waals surface area contributed by atoms with Gasteiger partial charge in [-0.05, 0) is 29.8 Å². The van der Waals surface area contributed by atoms with Gasteiger partial charge in [-0.2, -0.15) is 5.26 Å². The van der Waals surface area contributed by atoms with Crippen molar-refractivity contribution in [1.82, 2.24) is 4.98 Å². The van der Waals surface area contributed by atoms with Crippen LogP contribution in [-0.2, 0) is 4.79 Å². The van der Waals surface area contributed by atoms with Gasteiger partial charge in [0.25, 0.3) is 5.97 Å². The number of phenols is 1. The van der Waals surface area contributed by atoms with Gasteiger partial charge >= 0.3 is 0 Å². The summed E-state index contributed by atoms with van der Waals surface area (Å²) in [5, 5.41) is 27.2. The largest absolute Gasteiger partial charge is 0.508 e. The van der Waals surface area contributed by atoms with Gasteiger partial charge in [-0.25, -0.2) is 4.98 Å². The van der Waals surface area contributed by atoms with Gasteiger partial charge < -0.3 is 21.7 Å². The number of phenolic OH excluding ortho intramolecular Hbond substituents is 1. The molecule has 166 valence electrons. The zero-order chi connectivity index (χ0) is 24.3. The van der Waals surface area contributed by atoms with E-state index in [-0.39, 0.29) is 28.6 Å². The summed E-state index contributed by atoms with van der Waals surface area (Å²) in [6.45, 7) is 1.08. The summed E-state index contributed by atoms with van der Waals surface area (Å²) in [6, 6.07) is 15.5. The van der Waals surface area contributed by atoms with E-state index in [0.717, 1.165) is 22.7 Å². The van der Waals surface area contributed by atoms with Gasteiger partial charge in [-0.15, -0.1) is 11.3 Å². The second-order valence-electron chi connectivity index (χ2n) is 6.79. The molecule has 6 N–H and O–H groups in total. The van der Waals surface area contributed by atoms with Crippen molar-refractivity contribution in [3.63, 3.8) is 0 Å². The van der Waals surface area contributed by atoms with Gasteiger partial charge in [-0.1, -0.05) is 40.2 Å². The van der Waals surface area contributed by atoms with Crippen molar-refractivity contribution in [2.24, 2.45) is 0 Å². The minimum atomic E-state index is -0.833. The minimum absolute atomic E-state index is 0.0609. The molecule has 0 radical (unpaired) electrons. The fourth-order valence-corrected chi connectivity index (χ4v) is 4.60. The van der Waals surface area contributed by atoms with Crippen LogP contribution in [0.3, 0.4) is 0 Å². The second kappa shape index (κ2) is 9.68. The number of hydrogen-bond acceptors (Lipinski definition) is 8. The Morgan fingerprint density at radius 3 is 2.36 bits per heavy atom. The van der Waals surface area contributed by atoms with Crippen LogP contribution in [0.25, 0.3) is 21.3 Å². The third-order valence-electron chi connectivity index (χ3n) is 4.47. The van der Waals surface area contributed by atoms with Gasteiger partial charge in [0.15, 0.2) is 0 Å². The number of benzene rings is 2. The molecular weight excluding hydrogens is 508 g/mol. The molecule has 0 saturated heterocycles. The molecule has 0 fully saturated rings. The number of nitriles is 1. The highest BCUT2D eigenvalue weighted by molar-refractivity contribution is 9.10. The van der Waals surface area contributed by atoms with E-state index in [1.54, 1.807) is 30.3 Å². The Labute approximate surface area is 200 Å². The van der Waals surface area contributed by atoms with Crippen LogP contribution in [0.2, 0.25) is 0 Å². The summed E-state index contributed by atoms with van der Waals surface area (Å²) in [7, 11) is 0. The number of anilines is 2. The molecule has 10 heteroatoms. The SMILES string of the molecule is CC(=O)O.N#Cc1c(N)nc2sc(C(=O)c3cccc(Br)c3)c(N)c2c1-c1ccc(O)cc1. The molecule has 0 saturated carbocycles. The lowest BCUT2D eigenvalue weighted by atomic mass is 9.96. The summed E-state index contributed by atoms with van der Waals surface area (Å²) in [5.41, 5.74) is 14.5. The maximum Gasteiger partial charge on any atom is 0.300 e. The lowest BCUT2D eigenvalue weighted by Crippen LogP contribution is -2.02. The Kier molecular flexibility index (Phi) is 6.96. The smallest absolute Gasteiger partial charge is 0.300 e. The molecule has 2 heterocycles. The van der Waals surface area contributed by atoms with E-state index in [4.69, 9.17) is 21.4 Å². The molecule has 2 aromatic heterocycles. The molecule has 0 amide bonds. The molecule has 0 spiro atoms. The molecule has 8 nitrogen and oxygen atoms in total. The lowest BCUT2D eigenvalue weighted by Gasteiger charge is -2.09. The van der Waals surface area contributed by atoms with Gasteiger partial charge in [0.2, 0.25) is 5.78 Å². The van der Waals surface area contributed by atoms with Crippen LogP contribution in [0.5, 0.6) is 5.75 Å². The number of carbonyl (C=O) groups excluding carboxylic acids is 1. The van der Waals surface area contributed by atoms with Gasteiger partial charge in [-0.3, -0.25) is 9.59 Å². The molecule has 0 unspecified atom stereocenters. The first-order valence-corrected chi connectivity index (χ1v) is 11.0. The Morgan fingerprint density at radius 2 is 1.79 bits per heavy atom. The number of hydrogen-bond donors (Lipinski definition) is 4. The number of nitrogen functional groups attached to an aromatic ring is 2. The maximum absolute atomic E-state index is 13.1. The molecule has 0 aliphatic carbocycles. The van der Waals surface area contributed by atoms with Crippen LogP contribution < -0.4 is 11.5 Å². The first kappa shape index (κ1) is 23.7. The van der Waals surface area contributed by atoms with E-state index >= 15 is 0 Å². The Bertz CT molecular complexity index is 1420. The molecule has 0 aliphatic rings. The van der Waals surface area contributed by atoms with Crippen LogP contribution in [0, 0.1) is 11.3 Å². The van der Waals surface area contributed by atoms with E-state index in [1.807, 2.05) is 6.07 Å². The van der Waals surface area contributed by atoms with E-state index in [2.05, 4.69) is 27.0 Å². The molecule has 0 atom stereocenters. The van der Waals surface area contributed by atoms with Crippen LogP contribution in [0.15, 0.2) is 53.0 Å². The number of pyridine rings is 1. The fourth-order valence-electron chi connectivity index (χ4n) is 3.13. The number of halogens is 1. The Hall–Kier alpha value is -3.94. The highest BCUT2D eigenvalue weighted by atomic mass is 79.9. The summed E-state index contributed by atoms with van der Waals surface area (Å²) < 4.78 is 0.780. The monoisotopic (exact) mass is 524 g/mol. The zero-order valence-corrected chi connectivity index (χ0v) is 19.6. The van der Waals surface area contributed by atoms with Crippen LogP contribution >= 0.6 is 27.3 Å². The zero-order valence-electron chi connectivity index (χ0n) is 17.2. The number of nitrogens with two attached hydrogens (primary N) is 2. The predicted molar refractivity (Wildman–Crippen MR) is 131 cm³/mol. The highest BCUT2D eigenvalue weighted by Gasteiger charge is 2.25. The molecule has 4 rings (SSSR count). The first-order chi connectivity index (χ1) is 15.6. The summed E-state index contributed by atoms with van der Waals surface area (Å²) in [4.78, 5) is 27.2. The van der Waals surface area contributed by atoms with Crippen molar-refractivity contribution < 1.29 is 19.8 Å². The molecule has 33 heavy (non-hydrogen) atoms. The average molecular weight is 525 g/mol. The number of nitrogens with zero attached hydrogens (tertiary/aromatic N) is 2. The van der Waals surface area contributed by atoms with E-state index < -0.39 is 5.97 Å². The number of aromatic nitrogens is 1. The molecule has 0 bridgehead atoms. The number of carbonyl (C=O) groups is 2. The average Bonchev–Trinajstić information content (AvgIpc) is 3.08. The lowest BCUT2D eigenvalue weighted by molar-refractivity contribution is -0.134. The summed E-state index contributed by atoms with van der Waals surface area (Å²) >= 11 is 4.51. The first-order valence-electron chi connectivity index (χ1n) is 9.34. The van der Waals surface area contributed by atoms with Crippen molar-refractivity contribution in [2.45, 2.75) is 6.92 Å². The highest BCUT2D eigenvalue weighted by Crippen LogP contribution is 2.43. The summed E-state index contributed by atoms with van der Waals surface area (Å²) in [6.07, 6.45) is 0. The Morgan fingerprint density at radius 1 is 1.15 bits per heavy atom. The molecule has 0 aliphatic heterocycles. The predicted octanol–water partition coefficient (Wildman–Crippen LogP) is 4.79. The van der Waals surface area contributed by atoms with E-state index in [0.29, 0.717) is 31.8 Å². The number of rotatable bonds is 3. The van der Waals surface area contributed by atoms with Crippen molar-refractivity contribution in [1.29, 1.82) is 5.26 Å². The number of carboxylic acid groups (broad SMARTS) is 1. The third-order valence-corrected chi connectivity index (χ3v) is 6.06. The number of aliphatic carboxylic acids is 1. The number of carboxylic acids is 1. The van der Waals surface area contributed by atoms with Crippen molar-refractivity contribution in [3.05, 3.63) is 69.0 Å². The standard InChI is InChI=1S/C21H13BrN4O2S.C2H4O2/c22-12-3-1-2-11(8-12)18(28)19-17(24)16-15(10-4-6-13(27)7-5-10)14(9-23)20(25)26-21(16)29-19;1-2(3)4/h1-8,27H,24H2,(H2,25,26);1H3,(H,3,4). The maximum atomic E-state index is 13.1. The topological polar surface area (TPSA) is 163 Å². The van der Waals surface area contributed by atoms with Crippen LogP contribution in [0.4, 0.5) is 11.5 Å². The fraction of sp³-hybridized carbons (Fsp3) is 0.0435. The number of thiophene rings is 1. The third kappa shape index (κ3) is 4.95. The van der Waals surface area contributed by atoms with Crippen LogP contribution in [0.1, 0.15) is 27.7 Å². The number of aromatic hydroxyl groups is 1. The van der Waals surface area contributed by atoms with Gasteiger partial charge in [0.1, 0.15) is 32.9 Å². The quantitative estimate of drug-likeness (QED) is 0.278.